The van der Waals surface area contributed by atoms with Gasteiger partial charge in [0, 0.05) is 4.90 Å². The highest BCUT2D eigenvalue weighted by Gasteiger charge is 2.52. The Bertz CT molecular complexity index is 1480. The lowest BCUT2D eigenvalue weighted by Crippen LogP contribution is -2.61. The van der Waals surface area contributed by atoms with Crippen LogP contribution in [0.4, 0.5) is 0 Å². The molecule has 1 aliphatic rings. The molecule has 5 rings (SSSR count). The Morgan fingerprint density at radius 3 is 1.70 bits per heavy atom. The summed E-state index contributed by atoms with van der Waals surface area (Å²) in [7, 11) is -2.35. The van der Waals surface area contributed by atoms with Crippen LogP contribution in [0.3, 0.4) is 0 Å². The monoisotopic (exact) mass is 666 g/mol. The van der Waals surface area contributed by atoms with Crippen molar-refractivity contribution in [3.63, 3.8) is 0 Å². The molecule has 0 aliphatic carbocycles. The predicted molar refractivity (Wildman–Crippen MR) is 193 cm³/mol. The molecule has 1 fully saturated rings. The topological polar surface area (TPSA) is 54.0 Å². The molecule has 0 spiro atoms. The van der Waals surface area contributed by atoms with Gasteiger partial charge in [0.1, 0.15) is 29.3 Å². The molecular formula is C40H46O5SSi. The molecule has 47 heavy (non-hydrogen) atoms. The third-order valence-electron chi connectivity index (χ3n) is 9.08. The molecule has 0 aromatic heterocycles. The number of carbonyl (C=O) groups is 1. The second-order valence-corrected chi connectivity index (χ2v) is 19.2. The molecule has 5 nitrogen and oxygen atoms in total. The van der Waals surface area contributed by atoms with E-state index in [2.05, 4.69) is 76.8 Å². The second-order valence-electron chi connectivity index (χ2n) is 13.3. The average Bonchev–Trinajstić information content (AvgIpc) is 3.08. The van der Waals surface area contributed by atoms with Gasteiger partial charge in [-0.1, -0.05) is 148 Å². The van der Waals surface area contributed by atoms with Crippen molar-refractivity contribution in [2.24, 2.45) is 0 Å². The van der Waals surface area contributed by atoms with Gasteiger partial charge >= 0.3 is 0 Å². The van der Waals surface area contributed by atoms with Crippen molar-refractivity contribution in [3.8, 4) is 0 Å². The van der Waals surface area contributed by atoms with Gasteiger partial charge in [-0.3, -0.25) is 4.79 Å². The fraction of sp³-hybridized carbons (Fsp3) is 0.325. The third-order valence-corrected chi connectivity index (χ3v) is 14.7. The number of ether oxygens (including phenoxy) is 3. The van der Waals surface area contributed by atoms with Crippen LogP contribution in [-0.2, 0) is 29.0 Å². The number of hydrogen-bond donors (Lipinski definition) is 0. The number of hydrogen-bond acceptors (Lipinski definition) is 6. The van der Waals surface area contributed by atoms with Crippen molar-refractivity contribution < 1.29 is 23.4 Å². The molecule has 1 aliphatic heterocycles. The van der Waals surface area contributed by atoms with E-state index in [1.807, 2.05) is 84.9 Å². The minimum atomic E-state index is -2.35. The Balaban J connectivity index is 1.56. The van der Waals surface area contributed by atoms with Gasteiger partial charge in [-0.2, -0.15) is 0 Å². The molecule has 0 amide bonds. The fourth-order valence-corrected chi connectivity index (χ4v) is 8.08. The molecule has 0 bridgehead atoms. The number of benzene rings is 4. The SMILES string of the molecule is C=CCO[C@H]1C(=O)[C@@H](COC(c2ccccc2)(c2ccccc2)c2ccccc2)O[C@@H](Sc2ccccc2)[C@@H]1O[Si](C)(C)C(C)(C)C. The number of carbonyl (C=O) groups excluding carboxylic acids is 1. The summed E-state index contributed by atoms with van der Waals surface area (Å²) < 4.78 is 27.1. The lowest BCUT2D eigenvalue weighted by atomic mass is 9.80. The summed E-state index contributed by atoms with van der Waals surface area (Å²) in [6.45, 7) is 15.0. The van der Waals surface area contributed by atoms with E-state index in [0.717, 1.165) is 21.6 Å². The van der Waals surface area contributed by atoms with Crippen LogP contribution in [0.25, 0.3) is 0 Å². The van der Waals surface area contributed by atoms with Gasteiger partial charge in [0.25, 0.3) is 0 Å². The first-order chi connectivity index (χ1) is 22.6. The van der Waals surface area contributed by atoms with Gasteiger partial charge in [-0.05, 0) is 47.0 Å². The van der Waals surface area contributed by atoms with E-state index in [-0.39, 0.29) is 24.0 Å². The fourth-order valence-electron chi connectivity index (χ4n) is 5.60. The van der Waals surface area contributed by atoms with Crippen molar-refractivity contribution >= 4 is 25.9 Å². The number of rotatable bonds is 13. The zero-order valence-electron chi connectivity index (χ0n) is 28.0. The molecule has 1 saturated heterocycles. The first-order valence-electron chi connectivity index (χ1n) is 16.2. The van der Waals surface area contributed by atoms with Crippen LogP contribution in [0.2, 0.25) is 18.1 Å². The van der Waals surface area contributed by atoms with Crippen LogP contribution in [0.15, 0.2) is 139 Å². The van der Waals surface area contributed by atoms with Gasteiger partial charge in [0.2, 0.25) is 0 Å². The Labute approximate surface area is 285 Å². The zero-order chi connectivity index (χ0) is 33.5. The maximum atomic E-state index is 14.5. The lowest BCUT2D eigenvalue weighted by Gasteiger charge is -2.46. The molecule has 4 atom stereocenters. The number of ketones is 1. The number of Topliss-reactive ketones (excluding diaryl/α,β-unsaturated/α-hetero) is 1. The summed E-state index contributed by atoms with van der Waals surface area (Å²) in [6, 6.07) is 40.5. The minimum absolute atomic E-state index is 0.00409. The first kappa shape index (κ1) is 35.0. The van der Waals surface area contributed by atoms with E-state index in [4.69, 9.17) is 18.6 Å². The Hall–Kier alpha value is -3.30. The summed E-state index contributed by atoms with van der Waals surface area (Å²) >= 11 is 1.55. The molecule has 1 heterocycles. The summed E-state index contributed by atoms with van der Waals surface area (Å²) in [4.78, 5) is 15.5. The molecule has 0 N–H and O–H groups in total. The van der Waals surface area contributed by atoms with Gasteiger partial charge in [-0.15, -0.1) is 6.58 Å². The van der Waals surface area contributed by atoms with Crippen LogP contribution in [0, 0.1) is 0 Å². The highest BCUT2D eigenvalue weighted by molar-refractivity contribution is 7.99. The average molecular weight is 667 g/mol. The molecule has 0 saturated carbocycles. The van der Waals surface area contributed by atoms with E-state index in [9.17, 15) is 4.79 Å². The van der Waals surface area contributed by atoms with Gasteiger partial charge in [0.05, 0.1) is 13.2 Å². The lowest BCUT2D eigenvalue weighted by molar-refractivity contribution is -0.182. The summed E-state index contributed by atoms with van der Waals surface area (Å²) in [5, 5.41) is -0.0817. The quantitative estimate of drug-likeness (QED) is 0.0807. The van der Waals surface area contributed by atoms with Crippen LogP contribution in [-0.4, -0.2) is 51.1 Å². The second kappa shape index (κ2) is 15.3. The maximum Gasteiger partial charge on any atom is 0.195 e. The minimum Gasteiger partial charge on any atom is -0.407 e. The molecule has 4 aromatic rings. The largest absolute Gasteiger partial charge is 0.407 e. The molecule has 246 valence electrons. The van der Waals surface area contributed by atoms with Crippen molar-refractivity contribution in [1.29, 1.82) is 0 Å². The number of thioether (sulfide) groups is 1. The smallest absolute Gasteiger partial charge is 0.195 e. The van der Waals surface area contributed by atoms with Crippen LogP contribution in [0.1, 0.15) is 37.5 Å². The van der Waals surface area contributed by atoms with E-state index in [0.29, 0.717) is 0 Å². The first-order valence-corrected chi connectivity index (χ1v) is 20.0. The van der Waals surface area contributed by atoms with Crippen molar-refractivity contribution in [3.05, 3.63) is 151 Å². The summed E-state index contributed by atoms with van der Waals surface area (Å²) in [5.41, 5.74) is 1.34. The third kappa shape index (κ3) is 7.89. The highest BCUT2D eigenvalue weighted by Crippen LogP contribution is 2.44. The van der Waals surface area contributed by atoms with Crippen molar-refractivity contribution in [2.45, 2.75) is 73.1 Å². The Morgan fingerprint density at radius 1 is 0.787 bits per heavy atom. The predicted octanol–water partition coefficient (Wildman–Crippen LogP) is 9.04. The van der Waals surface area contributed by atoms with Crippen LogP contribution < -0.4 is 0 Å². The normalized spacial score (nSPS) is 20.6. The Kier molecular flexibility index (Phi) is 11.4. The molecule has 0 unspecified atom stereocenters. The van der Waals surface area contributed by atoms with Crippen molar-refractivity contribution in [1.82, 2.24) is 0 Å². The molecule has 4 aromatic carbocycles. The van der Waals surface area contributed by atoms with Gasteiger partial charge in [0.15, 0.2) is 14.1 Å². The Morgan fingerprint density at radius 2 is 1.26 bits per heavy atom. The van der Waals surface area contributed by atoms with Crippen molar-refractivity contribution in [2.75, 3.05) is 13.2 Å². The van der Waals surface area contributed by atoms with Gasteiger partial charge < -0.3 is 18.6 Å². The summed E-state index contributed by atoms with van der Waals surface area (Å²) in [5.74, 6) is -0.191. The van der Waals surface area contributed by atoms with Crippen LogP contribution >= 0.6 is 11.8 Å². The maximum absolute atomic E-state index is 14.5. The molecular weight excluding hydrogens is 621 g/mol. The highest BCUT2D eigenvalue weighted by atomic mass is 32.2. The van der Waals surface area contributed by atoms with E-state index in [1.54, 1.807) is 17.8 Å². The summed E-state index contributed by atoms with van der Waals surface area (Å²) in [6.07, 6.45) is -0.708. The van der Waals surface area contributed by atoms with E-state index < -0.39 is 37.7 Å². The van der Waals surface area contributed by atoms with Gasteiger partial charge in [-0.25, -0.2) is 0 Å². The van der Waals surface area contributed by atoms with E-state index >= 15 is 0 Å². The van der Waals surface area contributed by atoms with E-state index in [1.165, 1.54) is 0 Å². The standard InChI is InChI=1S/C40H46O5SSi/c1-7-28-42-36-35(41)34(44-38(46-33-26-18-11-19-27-33)37(36)45-47(5,6)39(2,3)4)29-43-40(30-20-12-8-13-21-30,31-22-14-9-15-23-31)32-24-16-10-17-25-32/h7-27,34,36-38H,1,28-29H2,2-6H3/t34-,36+,37-,38+/m1/s1. The van der Waals surface area contributed by atoms with Crippen LogP contribution in [0.5, 0.6) is 0 Å². The molecule has 7 heteroatoms. The zero-order valence-corrected chi connectivity index (χ0v) is 29.8. The molecule has 0 radical (unpaired) electrons.